The molecule has 0 aliphatic rings. The summed E-state index contributed by atoms with van der Waals surface area (Å²) in [7, 11) is 0. The van der Waals surface area contributed by atoms with E-state index in [0.717, 1.165) is 0 Å². The fourth-order valence-electron chi connectivity index (χ4n) is 2.40. The molecule has 2 heteroatoms. The molecule has 0 aliphatic heterocycles. The van der Waals surface area contributed by atoms with Gasteiger partial charge in [-0.15, -0.1) is 23.5 Å². The first-order valence-corrected chi connectivity index (χ1v) is 10.0. The van der Waals surface area contributed by atoms with Gasteiger partial charge < -0.3 is 0 Å². The van der Waals surface area contributed by atoms with Crippen LogP contribution in [0.3, 0.4) is 0 Å². The minimum Gasteiger partial charge on any atom is -0.147 e. The number of hydrogen-bond acceptors (Lipinski definition) is 2. The molecule has 0 spiro atoms. The molecule has 1 atom stereocenters. The number of hydrogen-bond donors (Lipinski definition) is 0. The lowest BCUT2D eigenvalue weighted by molar-refractivity contribution is 0.358. The van der Waals surface area contributed by atoms with Gasteiger partial charge in [0.2, 0.25) is 0 Å². The van der Waals surface area contributed by atoms with E-state index in [1.807, 2.05) is 0 Å². The molecular weight excluding hydrogens is 292 g/mol. The molecule has 0 aliphatic carbocycles. The Hall–Kier alpha value is -0.0800. The van der Waals surface area contributed by atoms with Gasteiger partial charge in [0, 0.05) is 4.75 Å². The van der Waals surface area contributed by atoms with Crippen molar-refractivity contribution in [2.75, 3.05) is 5.75 Å². The van der Waals surface area contributed by atoms with Gasteiger partial charge in [0.15, 0.2) is 0 Å². The molecule has 0 heterocycles. The van der Waals surface area contributed by atoms with Crippen LogP contribution in [0.4, 0.5) is 0 Å². The van der Waals surface area contributed by atoms with E-state index in [4.69, 9.17) is 0 Å². The van der Waals surface area contributed by atoms with Gasteiger partial charge in [0.1, 0.15) is 0 Å². The fraction of sp³-hybridized carbons (Fsp3) is 0.684. The zero-order chi connectivity index (χ0) is 15.9. The lowest BCUT2D eigenvalue weighted by Crippen LogP contribution is -2.28. The summed E-state index contributed by atoms with van der Waals surface area (Å²) in [6.07, 6.45) is 3.78. The second-order valence-corrected chi connectivity index (χ2v) is 11.0. The van der Waals surface area contributed by atoms with Crippen molar-refractivity contribution < 1.29 is 0 Å². The smallest absolute Gasteiger partial charge is 0.0558 e. The van der Waals surface area contributed by atoms with E-state index in [1.54, 1.807) is 0 Å². The Labute approximate surface area is 140 Å². The van der Waals surface area contributed by atoms with Gasteiger partial charge in [-0.05, 0) is 36.0 Å². The zero-order valence-corrected chi connectivity index (χ0v) is 16.2. The molecule has 1 aromatic rings. The van der Waals surface area contributed by atoms with Gasteiger partial charge in [0.25, 0.3) is 0 Å². The van der Waals surface area contributed by atoms with Crippen LogP contribution < -0.4 is 0 Å². The van der Waals surface area contributed by atoms with Crippen LogP contribution in [-0.2, 0) is 6.42 Å². The Morgan fingerprint density at radius 1 is 1.00 bits per heavy atom. The van der Waals surface area contributed by atoms with Gasteiger partial charge in [-0.25, -0.2) is 0 Å². The van der Waals surface area contributed by atoms with E-state index in [-0.39, 0.29) is 0 Å². The standard InChI is InChI=1S/C19H32S2/c1-7-20-17(21-18(2,3)4)19(5,6)15-11-14-16-12-9-8-10-13-16/h8-10,12-13,17H,7,11,14-15H2,1-6H3. The van der Waals surface area contributed by atoms with Crippen LogP contribution in [0, 0.1) is 5.41 Å². The average Bonchev–Trinajstić information content (AvgIpc) is 2.38. The fourth-order valence-corrected chi connectivity index (χ4v) is 5.90. The first kappa shape index (κ1) is 19.0. The summed E-state index contributed by atoms with van der Waals surface area (Å²) in [5.41, 5.74) is 1.85. The molecule has 0 amide bonds. The molecule has 1 unspecified atom stereocenters. The normalized spacial score (nSPS) is 14.2. The highest BCUT2D eigenvalue weighted by Gasteiger charge is 2.32. The maximum atomic E-state index is 2.45. The Balaban J connectivity index is 2.55. The third kappa shape index (κ3) is 7.65. The average molecular weight is 325 g/mol. The van der Waals surface area contributed by atoms with Crippen molar-refractivity contribution in [3.63, 3.8) is 0 Å². The quantitative estimate of drug-likeness (QED) is 0.491. The van der Waals surface area contributed by atoms with Gasteiger partial charge in [-0.2, -0.15) is 0 Å². The first-order valence-electron chi connectivity index (χ1n) is 8.08. The van der Waals surface area contributed by atoms with Crippen LogP contribution in [0.15, 0.2) is 30.3 Å². The van der Waals surface area contributed by atoms with E-state index in [0.29, 0.717) is 14.7 Å². The Kier molecular flexibility index (Phi) is 7.70. The molecule has 0 N–H and O–H groups in total. The molecule has 120 valence electrons. The van der Waals surface area contributed by atoms with E-state index < -0.39 is 0 Å². The van der Waals surface area contributed by atoms with Crippen molar-refractivity contribution >= 4 is 23.5 Å². The second-order valence-electron chi connectivity index (χ2n) is 7.35. The minimum absolute atomic E-state index is 0.337. The summed E-state index contributed by atoms with van der Waals surface area (Å²) in [5.74, 6) is 1.20. The Bertz CT molecular complexity index is 390. The molecule has 0 saturated heterocycles. The Morgan fingerprint density at radius 2 is 1.62 bits per heavy atom. The van der Waals surface area contributed by atoms with Crippen molar-refractivity contribution in [2.45, 2.75) is 70.1 Å². The summed E-state index contributed by atoms with van der Waals surface area (Å²) < 4.78 is 1.02. The molecular formula is C19H32S2. The van der Waals surface area contributed by atoms with Crippen LogP contribution in [-0.4, -0.2) is 15.1 Å². The molecule has 0 saturated carbocycles. The molecule has 0 nitrogen and oxygen atoms in total. The molecule has 21 heavy (non-hydrogen) atoms. The van der Waals surface area contributed by atoms with Crippen LogP contribution in [0.2, 0.25) is 0 Å². The SMILES string of the molecule is CCSC(SC(C)(C)C)C(C)(C)CCCc1ccccc1. The molecule has 0 radical (unpaired) electrons. The summed E-state index contributed by atoms with van der Waals surface area (Å²) in [4.78, 5) is 0. The first-order chi connectivity index (χ1) is 9.74. The van der Waals surface area contributed by atoms with Crippen molar-refractivity contribution in [1.82, 2.24) is 0 Å². The largest absolute Gasteiger partial charge is 0.147 e. The van der Waals surface area contributed by atoms with Gasteiger partial charge in [-0.1, -0.05) is 71.9 Å². The number of rotatable bonds is 8. The predicted octanol–water partition coefficient (Wildman–Crippen LogP) is 6.65. The topological polar surface area (TPSA) is 0 Å². The molecule has 0 fully saturated rings. The molecule has 0 bridgehead atoms. The summed E-state index contributed by atoms with van der Waals surface area (Å²) in [6, 6.07) is 10.9. The van der Waals surface area contributed by atoms with E-state index in [2.05, 4.69) is 95.4 Å². The maximum Gasteiger partial charge on any atom is 0.0558 e. The summed E-state index contributed by atoms with van der Waals surface area (Å²) in [6.45, 7) is 14.2. The lowest BCUT2D eigenvalue weighted by atomic mass is 9.88. The summed E-state index contributed by atoms with van der Waals surface area (Å²) in [5, 5.41) is 0. The summed E-state index contributed by atoms with van der Waals surface area (Å²) >= 11 is 4.26. The van der Waals surface area contributed by atoms with Crippen molar-refractivity contribution in [3.8, 4) is 0 Å². The number of thioether (sulfide) groups is 2. The van der Waals surface area contributed by atoms with E-state index >= 15 is 0 Å². The van der Waals surface area contributed by atoms with Gasteiger partial charge >= 0.3 is 0 Å². The maximum absolute atomic E-state index is 2.45. The molecule has 1 rings (SSSR count). The monoisotopic (exact) mass is 324 g/mol. The highest BCUT2D eigenvalue weighted by molar-refractivity contribution is 8.17. The van der Waals surface area contributed by atoms with Crippen LogP contribution >= 0.6 is 23.5 Å². The van der Waals surface area contributed by atoms with Crippen LogP contribution in [0.5, 0.6) is 0 Å². The number of aryl methyl sites for hydroxylation is 1. The second kappa shape index (κ2) is 8.53. The predicted molar refractivity (Wildman–Crippen MR) is 102 cm³/mol. The van der Waals surface area contributed by atoms with Crippen LogP contribution in [0.25, 0.3) is 0 Å². The number of benzene rings is 1. The highest BCUT2D eigenvalue weighted by Crippen LogP contribution is 2.46. The third-order valence-electron chi connectivity index (χ3n) is 3.55. The van der Waals surface area contributed by atoms with Crippen molar-refractivity contribution in [3.05, 3.63) is 35.9 Å². The highest BCUT2D eigenvalue weighted by atomic mass is 32.2. The minimum atomic E-state index is 0.337. The van der Waals surface area contributed by atoms with E-state index in [1.165, 1.54) is 30.6 Å². The van der Waals surface area contributed by atoms with Crippen LogP contribution in [0.1, 0.15) is 59.9 Å². The van der Waals surface area contributed by atoms with Crippen molar-refractivity contribution in [1.29, 1.82) is 0 Å². The molecule has 0 aromatic heterocycles. The van der Waals surface area contributed by atoms with Gasteiger partial charge in [-0.3, -0.25) is 0 Å². The molecule has 1 aromatic carbocycles. The Morgan fingerprint density at radius 3 is 2.14 bits per heavy atom. The van der Waals surface area contributed by atoms with Crippen molar-refractivity contribution in [2.24, 2.45) is 5.41 Å². The third-order valence-corrected chi connectivity index (χ3v) is 7.08. The van der Waals surface area contributed by atoms with E-state index in [9.17, 15) is 0 Å². The van der Waals surface area contributed by atoms with Gasteiger partial charge in [0.05, 0.1) is 4.58 Å². The lowest BCUT2D eigenvalue weighted by Gasteiger charge is -2.37. The zero-order valence-electron chi connectivity index (χ0n) is 14.6.